The molecule has 4 rings (SSSR count). The summed E-state index contributed by atoms with van der Waals surface area (Å²) in [5.41, 5.74) is -3.35. The number of aromatic hydroxyl groups is 1. The highest BCUT2D eigenvalue weighted by Gasteiger charge is 2.32. The lowest BCUT2D eigenvalue weighted by Gasteiger charge is -2.17. The van der Waals surface area contributed by atoms with E-state index in [-0.39, 0.29) is 30.5 Å². The monoisotopic (exact) mass is 548 g/mol. The molecule has 0 saturated heterocycles. The highest BCUT2D eigenvalue weighted by atomic mass is 35.5. The first-order valence-electron chi connectivity index (χ1n) is 9.95. The van der Waals surface area contributed by atoms with Crippen LogP contribution in [0, 0.1) is 11.6 Å². The SMILES string of the molecule is O=C1NCCOc2ccc(C(F)(F)F)cc2-c2cc(c(F)cc2F)NS(=O)(=O)c2cc1cc(Cl)c2O. The molecule has 0 fully saturated rings. The lowest BCUT2D eigenvalue weighted by atomic mass is 10.00. The van der Waals surface area contributed by atoms with Gasteiger partial charge in [0.1, 0.15) is 28.9 Å². The Balaban J connectivity index is 1.96. The molecule has 0 saturated carbocycles. The number of sulfonamides is 1. The molecule has 1 heterocycles. The lowest BCUT2D eigenvalue weighted by molar-refractivity contribution is -0.137. The zero-order valence-electron chi connectivity index (χ0n) is 17.7. The fourth-order valence-electron chi connectivity index (χ4n) is 3.41. The number of hydrogen-bond donors (Lipinski definition) is 3. The van der Waals surface area contributed by atoms with Crippen LogP contribution in [0.4, 0.5) is 27.6 Å². The molecular weight excluding hydrogens is 535 g/mol. The van der Waals surface area contributed by atoms with Crippen LogP contribution >= 0.6 is 11.6 Å². The minimum atomic E-state index is -4.84. The fraction of sp³-hybridized carbons (Fsp3) is 0.136. The van der Waals surface area contributed by atoms with Crippen molar-refractivity contribution < 1.29 is 45.0 Å². The molecule has 1 aliphatic heterocycles. The Morgan fingerprint density at radius 1 is 1.00 bits per heavy atom. The van der Waals surface area contributed by atoms with Gasteiger partial charge in [0.2, 0.25) is 0 Å². The van der Waals surface area contributed by atoms with Gasteiger partial charge in [0.15, 0.2) is 5.75 Å². The molecule has 7 nitrogen and oxygen atoms in total. The van der Waals surface area contributed by atoms with Gasteiger partial charge in [-0.25, -0.2) is 17.2 Å². The van der Waals surface area contributed by atoms with Gasteiger partial charge < -0.3 is 15.2 Å². The maximum atomic E-state index is 14.8. The Morgan fingerprint density at radius 3 is 2.42 bits per heavy atom. The predicted molar refractivity (Wildman–Crippen MR) is 119 cm³/mol. The maximum Gasteiger partial charge on any atom is 0.416 e. The summed E-state index contributed by atoms with van der Waals surface area (Å²) in [5, 5.41) is 12.1. The van der Waals surface area contributed by atoms with Crippen LogP contribution in [-0.4, -0.2) is 32.6 Å². The number of phenolic OH excluding ortho intramolecular Hbond substituents is 1. The van der Waals surface area contributed by atoms with Gasteiger partial charge in [-0.3, -0.25) is 9.52 Å². The molecule has 0 spiro atoms. The summed E-state index contributed by atoms with van der Waals surface area (Å²) in [4.78, 5) is 11.6. The number of anilines is 1. The zero-order chi connectivity index (χ0) is 26.4. The molecule has 36 heavy (non-hydrogen) atoms. The van der Waals surface area contributed by atoms with Gasteiger partial charge in [-0.2, -0.15) is 13.2 Å². The largest absolute Gasteiger partial charge is 0.505 e. The maximum absolute atomic E-state index is 14.8. The Labute approximate surface area is 205 Å². The van der Waals surface area contributed by atoms with E-state index in [1.165, 1.54) is 0 Å². The van der Waals surface area contributed by atoms with Crippen LogP contribution in [0.15, 0.2) is 47.4 Å². The van der Waals surface area contributed by atoms with E-state index in [0.29, 0.717) is 18.2 Å². The van der Waals surface area contributed by atoms with Crippen molar-refractivity contribution in [3.8, 4) is 22.6 Å². The minimum absolute atomic E-state index is 0.199. The van der Waals surface area contributed by atoms with Crippen LogP contribution in [0.3, 0.4) is 0 Å². The van der Waals surface area contributed by atoms with E-state index >= 15 is 0 Å². The van der Waals surface area contributed by atoms with E-state index in [2.05, 4.69) is 5.32 Å². The van der Waals surface area contributed by atoms with Crippen molar-refractivity contribution in [2.24, 2.45) is 0 Å². The Hall–Kier alpha value is -3.58. The summed E-state index contributed by atoms with van der Waals surface area (Å²) in [6, 6.07) is 4.88. The number of ether oxygens (including phenoxy) is 1. The van der Waals surface area contributed by atoms with Crippen molar-refractivity contribution in [3.05, 3.63) is 70.2 Å². The number of phenols is 1. The zero-order valence-corrected chi connectivity index (χ0v) is 19.3. The molecular formula is C22H14ClF5N2O5S. The van der Waals surface area contributed by atoms with Crippen molar-refractivity contribution in [1.82, 2.24) is 5.32 Å². The second-order valence-electron chi connectivity index (χ2n) is 7.54. The fourth-order valence-corrected chi connectivity index (χ4v) is 4.89. The average molecular weight is 549 g/mol. The summed E-state index contributed by atoms with van der Waals surface area (Å²) in [5.74, 6) is -4.72. The predicted octanol–water partition coefficient (Wildman–Crippen LogP) is 4.93. The molecule has 0 atom stereocenters. The van der Waals surface area contributed by atoms with Crippen molar-refractivity contribution in [2.75, 3.05) is 17.9 Å². The topological polar surface area (TPSA) is 105 Å². The number of hydrogen-bond acceptors (Lipinski definition) is 5. The number of halogens is 6. The van der Waals surface area contributed by atoms with Crippen LogP contribution in [0.2, 0.25) is 5.02 Å². The first kappa shape index (κ1) is 25.5. The lowest BCUT2D eigenvalue weighted by Crippen LogP contribution is -2.28. The van der Waals surface area contributed by atoms with Crippen molar-refractivity contribution >= 4 is 33.2 Å². The molecule has 3 N–H and O–H groups in total. The normalized spacial score (nSPS) is 15.4. The van der Waals surface area contributed by atoms with Crippen molar-refractivity contribution in [2.45, 2.75) is 11.1 Å². The summed E-state index contributed by atoms with van der Waals surface area (Å²) in [6.45, 7) is -0.482. The van der Waals surface area contributed by atoms with Crippen molar-refractivity contribution in [1.29, 1.82) is 0 Å². The molecule has 0 unspecified atom stereocenters. The second kappa shape index (κ2) is 9.13. The standard InChI is InChI=1S/C22H14ClF5N2O5S/c23-14-5-10-6-19(20(14)31)36(33,34)30-17-8-12(15(24)9-16(17)25)13-7-11(22(26,27)28)1-2-18(13)35-4-3-29-21(10)32/h1-2,5-9,30-31H,3-4H2,(H,29,32). The molecule has 190 valence electrons. The number of benzene rings is 3. The van der Waals surface area contributed by atoms with Gasteiger partial charge in [-0.15, -0.1) is 0 Å². The van der Waals surface area contributed by atoms with E-state index in [0.717, 1.165) is 18.2 Å². The van der Waals surface area contributed by atoms with Crippen LogP contribution in [0.1, 0.15) is 15.9 Å². The molecule has 0 radical (unpaired) electrons. The van der Waals surface area contributed by atoms with E-state index in [9.17, 15) is 40.3 Å². The highest BCUT2D eigenvalue weighted by Crippen LogP contribution is 2.40. The third-order valence-electron chi connectivity index (χ3n) is 5.12. The van der Waals surface area contributed by atoms with Gasteiger partial charge in [0, 0.05) is 22.8 Å². The highest BCUT2D eigenvalue weighted by molar-refractivity contribution is 7.92. The smallest absolute Gasteiger partial charge is 0.416 e. The van der Waals surface area contributed by atoms with Gasteiger partial charge in [-0.05, 0) is 36.4 Å². The molecule has 4 bridgehead atoms. The van der Waals surface area contributed by atoms with Crippen LogP contribution in [-0.2, 0) is 16.2 Å². The number of fused-ring (bicyclic) bond motifs is 6. The van der Waals surface area contributed by atoms with E-state index in [1.807, 2.05) is 4.72 Å². The third-order valence-corrected chi connectivity index (χ3v) is 6.79. The van der Waals surface area contributed by atoms with Crippen LogP contribution < -0.4 is 14.8 Å². The third kappa shape index (κ3) is 4.88. The summed E-state index contributed by atoms with van der Waals surface area (Å²) in [7, 11) is -4.84. The molecule has 1 aliphatic rings. The first-order valence-corrected chi connectivity index (χ1v) is 11.8. The number of carbonyl (C=O) groups is 1. The number of alkyl halides is 3. The van der Waals surface area contributed by atoms with E-state index in [1.54, 1.807) is 0 Å². The van der Waals surface area contributed by atoms with Gasteiger partial charge in [-0.1, -0.05) is 11.6 Å². The first-order chi connectivity index (χ1) is 16.8. The number of amides is 1. The van der Waals surface area contributed by atoms with Crippen LogP contribution in [0.25, 0.3) is 11.1 Å². The Morgan fingerprint density at radius 2 is 1.72 bits per heavy atom. The molecule has 14 heteroatoms. The number of rotatable bonds is 0. The number of carbonyl (C=O) groups excluding carboxylic acids is 1. The molecule has 3 aromatic rings. The quantitative estimate of drug-likeness (QED) is 0.346. The Kier molecular flexibility index (Phi) is 6.47. The summed E-state index contributed by atoms with van der Waals surface area (Å²) >= 11 is 5.87. The van der Waals surface area contributed by atoms with Gasteiger partial charge in [0.05, 0.1) is 22.8 Å². The summed E-state index contributed by atoms with van der Waals surface area (Å²) < 4.78 is 103. The van der Waals surface area contributed by atoms with Crippen LogP contribution in [0.5, 0.6) is 11.5 Å². The Bertz CT molecular complexity index is 1500. The van der Waals surface area contributed by atoms with Crippen molar-refractivity contribution in [3.63, 3.8) is 0 Å². The molecule has 0 aromatic heterocycles. The number of nitrogens with one attached hydrogen (secondary N) is 2. The average Bonchev–Trinajstić information content (AvgIpc) is 2.79. The minimum Gasteiger partial charge on any atom is -0.505 e. The van der Waals surface area contributed by atoms with E-state index < -0.39 is 71.8 Å². The van der Waals surface area contributed by atoms with Gasteiger partial charge in [0.25, 0.3) is 15.9 Å². The summed E-state index contributed by atoms with van der Waals surface area (Å²) in [6.07, 6.45) is -4.82. The molecule has 1 amide bonds. The van der Waals surface area contributed by atoms with E-state index in [4.69, 9.17) is 16.3 Å². The molecule has 3 aromatic carbocycles. The molecule has 0 aliphatic carbocycles. The van der Waals surface area contributed by atoms with Gasteiger partial charge >= 0.3 is 6.18 Å². The second-order valence-corrected chi connectivity index (χ2v) is 9.59.